The fraction of sp³-hybridized carbons (Fsp3) is 0.529. The molecule has 21 heavy (non-hydrogen) atoms. The van der Waals surface area contributed by atoms with E-state index in [9.17, 15) is 0 Å². The minimum absolute atomic E-state index is 0.0557. The largest absolute Gasteiger partial charge is 0.490 e. The summed E-state index contributed by atoms with van der Waals surface area (Å²) < 4.78 is 12.1. The van der Waals surface area contributed by atoms with Crippen LogP contribution < -0.4 is 4.74 Å². The SMILES string of the molecule is OCC#Cc1ccc(OC2CCOC3(CCSC3)C2)cc1. The topological polar surface area (TPSA) is 38.7 Å². The van der Waals surface area contributed by atoms with E-state index in [4.69, 9.17) is 14.6 Å². The molecule has 112 valence electrons. The lowest BCUT2D eigenvalue weighted by Crippen LogP contribution is -2.43. The van der Waals surface area contributed by atoms with E-state index in [1.807, 2.05) is 36.0 Å². The highest BCUT2D eigenvalue weighted by atomic mass is 32.2. The van der Waals surface area contributed by atoms with Crippen molar-refractivity contribution in [3.05, 3.63) is 29.8 Å². The Kier molecular flexibility index (Phi) is 4.74. The Hall–Kier alpha value is -1.15. The molecule has 2 aliphatic heterocycles. The standard InChI is InChI=1S/C17H20O3S/c18-9-1-2-14-3-5-15(6-4-14)20-16-7-10-19-17(12-16)8-11-21-13-17/h3-6,16,18H,7-13H2. The van der Waals surface area contributed by atoms with Crippen LogP contribution in [0.4, 0.5) is 0 Å². The molecule has 1 N–H and O–H groups in total. The third-order valence-corrected chi connectivity index (χ3v) is 5.21. The maximum Gasteiger partial charge on any atom is 0.119 e. The maximum atomic E-state index is 8.69. The molecule has 1 aromatic rings. The molecule has 0 bridgehead atoms. The molecular formula is C17H20O3S. The van der Waals surface area contributed by atoms with E-state index in [1.54, 1.807) is 0 Å². The van der Waals surface area contributed by atoms with Crippen molar-refractivity contribution in [1.82, 2.24) is 0 Å². The van der Waals surface area contributed by atoms with Crippen LogP contribution in [0.25, 0.3) is 0 Å². The summed E-state index contributed by atoms with van der Waals surface area (Å²) in [4.78, 5) is 0. The maximum absolute atomic E-state index is 8.69. The van der Waals surface area contributed by atoms with Gasteiger partial charge in [0.25, 0.3) is 0 Å². The van der Waals surface area contributed by atoms with Gasteiger partial charge in [-0.15, -0.1) is 0 Å². The molecule has 2 fully saturated rings. The summed E-state index contributed by atoms with van der Waals surface area (Å²) in [6.45, 7) is 0.686. The Labute approximate surface area is 130 Å². The molecule has 1 aromatic carbocycles. The van der Waals surface area contributed by atoms with Crippen molar-refractivity contribution in [2.24, 2.45) is 0 Å². The molecule has 3 rings (SSSR count). The van der Waals surface area contributed by atoms with Crippen molar-refractivity contribution in [3.63, 3.8) is 0 Å². The van der Waals surface area contributed by atoms with Gasteiger partial charge in [-0.2, -0.15) is 11.8 Å². The molecule has 3 nitrogen and oxygen atoms in total. The fourth-order valence-electron chi connectivity index (χ4n) is 2.90. The molecule has 0 aromatic heterocycles. The van der Waals surface area contributed by atoms with Gasteiger partial charge >= 0.3 is 0 Å². The van der Waals surface area contributed by atoms with Crippen LogP contribution in [0, 0.1) is 11.8 Å². The van der Waals surface area contributed by atoms with Crippen LogP contribution in [0.1, 0.15) is 24.8 Å². The van der Waals surface area contributed by atoms with Crippen molar-refractivity contribution in [2.75, 3.05) is 24.7 Å². The minimum atomic E-state index is -0.111. The van der Waals surface area contributed by atoms with Crippen LogP contribution >= 0.6 is 11.8 Å². The number of rotatable bonds is 2. The first-order valence-corrected chi connectivity index (χ1v) is 8.53. The average molecular weight is 304 g/mol. The first-order valence-electron chi connectivity index (χ1n) is 7.38. The summed E-state index contributed by atoms with van der Waals surface area (Å²) in [7, 11) is 0. The first kappa shape index (κ1) is 14.8. The van der Waals surface area contributed by atoms with Gasteiger partial charge in [-0.05, 0) is 36.4 Å². The first-order chi connectivity index (χ1) is 10.3. The second kappa shape index (κ2) is 6.74. The number of ether oxygens (including phenoxy) is 2. The summed E-state index contributed by atoms with van der Waals surface area (Å²) in [6, 6.07) is 7.76. The Bertz CT molecular complexity index is 523. The Morgan fingerprint density at radius 2 is 2.24 bits per heavy atom. The van der Waals surface area contributed by atoms with Gasteiger partial charge < -0.3 is 14.6 Å². The summed E-state index contributed by atoms with van der Waals surface area (Å²) in [5, 5.41) is 8.69. The number of benzene rings is 1. The molecule has 0 radical (unpaired) electrons. The van der Waals surface area contributed by atoms with E-state index >= 15 is 0 Å². The van der Waals surface area contributed by atoms with Gasteiger partial charge in [-0.25, -0.2) is 0 Å². The summed E-state index contributed by atoms with van der Waals surface area (Å²) in [6.07, 6.45) is 3.34. The predicted molar refractivity (Wildman–Crippen MR) is 84.7 cm³/mol. The number of aliphatic hydroxyl groups excluding tert-OH is 1. The quantitative estimate of drug-likeness (QED) is 0.852. The van der Waals surface area contributed by atoms with Crippen LogP contribution in [-0.2, 0) is 4.74 Å². The zero-order valence-corrected chi connectivity index (χ0v) is 12.8. The average Bonchev–Trinajstić information content (AvgIpc) is 2.94. The van der Waals surface area contributed by atoms with Gasteiger partial charge in [-0.1, -0.05) is 11.8 Å². The molecule has 2 unspecified atom stereocenters. The van der Waals surface area contributed by atoms with Crippen molar-refractivity contribution < 1.29 is 14.6 Å². The summed E-state index contributed by atoms with van der Waals surface area (Å²) >= 11 is 1.98. The molecule has 2 atom stereocenters. The molecule has 0 aliphatic carbocycles. The molecule has 0 saturated carbocycles. The van der Waals surface area contributed by atoms with Gasteiger partial charge in [0.05, 0.1) is 12.2 Å². The highest BCUT2D eigenvalue weighted by Gasteiger charge is 2.41. The van der Waals surface area contributed by atoms with Crippen molar-refractivity contribution in [1.29, 1.82) is 0 Å². The number of aliphatic hydroxyl groups is 1. The molecule has 4 heteroatoms. The van der Waals surface area contributed by atoms with E-state index in [0.717, 1.165) is 42.9 Å². The normalized spacial score (nSPS) is 28.1. The van der Waals surface area contributed by atoms with Gasteiger partial charge in [0.15, 0.2) is 0 Å². The third kappa shape index (κ3) is 3.74. The van der Waals surface area contributed by atoms with E-state index in [-0.39, 0.29) is 18.3 Å². The molecule has 2 aliphatic rings. The smallest absolute Gasteiger partial charge is 0.119 e. The monoisotopic (exact) mass is 304 g/mol. The van der Waals surface area contributed by atoms with Crippen molar-refractivity contribution >= 4 is 11.8 Å². The molecule has 2 saturated heterocycles. The van der Waals surface area contributed by atoms with Crippen LogP contribution in [0.2, 0.25) is 0 Å². The van der Waals surface area contributed by atoms with Crippen LogP contribution in [-0.4, -0.2) is 41.5 Å². The number of thioether (sulfide) groups is 1. The highest BCUT2D eigenvalue weighted by Crippen LogP contribution is 2.39. The second-order valence-corrected chi connectivity index (χ2v) is 6.66. The van der Waals surface area contributed by atoms with E-state index < -0.39 is 0 Å². The number of hydrogen-bond acceptors (Lipinski definition) is 4. The zero-order valence-electron chi connectivity index (χ0n) is 12.0. The van der Waals surface area contributed by atoms with Gasteiger partial charge in [0.2, 0.25) is 0 Å². The second-order valence-electron chi connectivity index (χ2n) is 5.55. The van der Waals surface area contributed by atoms with Crippen molar-refractivity contribution in [3.8, 4) is 17.6 Å². The third-order valence-electron chi connectivity index (χ3n) is 3.98. The molecule has 1 spiro atoms. The van der Waals surface area contributed by atoms with Crippen molar-refractivity contribution in [2.45, 2.75) is 31.0 Å². The lowest BCUT2D eigenvalue weighted by Gasteiger charge is -2.37. The summed E-state index contributed by atoms with van der Waals surface area (Å²) in [5.74, 6) is 8.72. The van der Waals surface area contributed by atoms with E-state index in [2.05, 4.69) is 11.8 Å². The Balaban J connectivity index is 1.60. The molecule has 2 heterocycles. The minimum Gasteiger partial charge on any atom is -0.490 e. The lowest BCUT2D eigenvalue weighted by atomic mass is 9.91. The van der Waals surface area contributed by atoms with E-state index in [0.29, 0.717) is 0 Å². The van der Waals surface area contributed by atoms with Crippen LogP contribution in [0.3, 0.4) is 0 Å². The Morgan fingerprint density at radius 3 is 2.95 bits per heavy atom. The van der Waals surface area contributed by atoms with Gasteiger partial charge in [-0.3, -0.25) is 0 Å². The predicted octanol–water partition coefficient (Wildman–Crippen LogP) is 2.46. The van der Waals surface area contributed by atoms with Gasteiger partial charge in [0, 0.05) is 24.2 Å². The summed E-state index contributed by atoms with van der Waals surface area (Å²) in [5.41, 5.74) is 0.951. The van der Waals surface area contributed by atoms with Crippen LogP contribution in [0.5, 0.6) is 5.75 Å². The fourth-order valence-corrected chi connectivity index (χ4v) is 4.28. The van der Waals surface area contributed by atoms with Gasteiger partial charge in [0.1, 0.15) is 18.5 Å². The lowest BCUT2D eigenvalue weighted by molar-refractivity contribution is -0.0958. The molecular weight excluding hydrogens is 284 g/mol. The highest BCUT2D eigenvalue weighted by molar-refractivity contribution is 7.99. The number of hydrogen-bond donors (Lipinski definition) is 1. The van der Waals surface area contributed by atoms with E-state index in [1.165, 1.54) is 5.75 Å². The Morgan fingerprint density at radius 1 is 1.38 bits per heavy atom. The van der Waals surface area contributed by atoms with Crippen LogP contribution in [0.15, 0.2) is 24.3 Å². The molecule has 0 amide bonds. The zero-order chi connectivity index (χ0) is 14.5.